The lowest BCUT2D eigenvalue weighted by molar-refractivity contribution is 0.0915. The van der Waals surface area contributed by atoms with Crippen molar-refractivity contribution in [2.24, 2.45) is 0 Å². The molecule has 1 aliphatic rings. The van der Waals surface area contributed by atoms with Crippen LogP contribution in [-0.4, -0.2) is 30.2 Å². The second-order valence-corrected chi connectivity index (χ2v) is 7.78. The van der Waals surface area contributed by atoms with Crippen LogP contribution < -0.4 is 10.6 Å². The molecule has 28 heavy (non-hydrogen) atoms. The Kier molecular flexibility index (Phi) is 7.63. The Hall–Kier alpha value is -2.17. The number of aliphatic hydroxyl groups is 1. The highest BCUT2D eigenvalue weighted by Crippen LogP contribution is 2.34. The van der Waals surface area contributed by atoms with Crippen molar-refractivity contribution in [2.75, 3.05) is 13.1 Å². The number of aliphatic hydroxyl groups excluding tert-OH is 1. The molecule has 0 unspecified atom stereocenters. The number of hydrogen-bond acceptors (Lipinski definition) is 3. The third-order valence-electron chi connectivity index (χ3n) is 5.58. The first-order valence-electron chi connectivity index (χ1n) is 10.5. The lowest BCUT2D eigenvalue weighted by Gasteiger charge is -2.14. The first kappa shape index (κ1) is 20.6. The Balaban J connectivity index is 1.42. The van der Waals surface area contributed by atoms with E-state index in [9.17, 15) is 9.90 Å². The van der Waals surface area contributed by atoms with Gasteiger partial charge in [-0.15, -0.1) is 0 Å². The van der Waals surface area contributed by atoms with Gasteiger partial charge in [0.05, 0.1) is 6.10 Å². The summed E-state index contributed by atoms with van der Waals surface area (Å²) in [5.74, 6) is 0.475. The van der Waals surface area contributed by atoms with Crippen LogP contribution in [0.3, 0.4) is 0 Å². The van der Waals surface area contributed by atoms with Crippen molar-refractivity contribution in [2.45, 2.75) is 57.6 Å². The summed E-state index contributed by atoms with van der Waals surface area (Å²) in [5.41, 5.74) is 4.47. The van der Waals surface area contributed by atoms with Crippen LogP contribution in [0.15, 0.2) is 48.5 Å². The maximum absolute atomic E-state index is 12.4. The van der Waals surface area contributed by atoms with E-state index >= 15 is 0 Å². The van der Waals surface area contributed by atoms with Gasteiger partial charge in [0.15, 0.2) is 0 Å². The number of benzene rings is 2. The third-order valence-corrected chi connectivity index (χ3v) is 5.58. The molecule has 0 spiro atoms. The molecular formula is C24H32N2O2. The van der Waals surface area contributed by atoms with Crippen LogP contribution in [0.1, 0.15) is 65.6 Å². The lowest BCUT2D eigenvalue weighted by Crippen LogP contribution is -2.38. The zero-order valence-corrected chi connectivity index (χ0v) is 16.8. The van der Waals surface area contributed by atoms with Crippen LogP contribution >= 0.6 is 0 Å². The highest BCUT2D eigenvalue weighted by molar-refractivity contribution is 5.94. The van der Waals surface area contributed by atoms with E-state index in [1.54, 1.807) is 0 Å². The maximum atomic E-state index is 12.4. The molecule has 1 fully saturated rings. The van der Waals surface area contributed by atoms with Crippen molar-refractivity contribution in [3.05, 3.63) is 70.8 Å². The first-order valence-corrected chi connectivity index (χ1v) is 10.5. The van der Waals surface area contributed by atoms with E-state index in [0.29, 0.717) is 24.6 Å². The summed E-state index contributed by atoms with van der Waals surface area (Å²) >= 11 is 0. The molecule has 0 aliphatic heterocycles. The Morgan fingerprint density at radius 3 is 2.61 bits per heavy atom. The minimum Gasteiger partial charge on any atom is -0.390 e. The van der Waals surface area contributed by atoms with Crippen LogP contribution in [-0.2, 0) is 13.0 Å². The summed E-state index contributed by atoms with van der Waals surface area (Å²) < 4.78 is 0. The Bertz CT molecular complexity index is 769. The Morgan fingerprint density at radius 2 is 1.82 bits per heavy atom. The molecule has 3 rings (SSSR count). The number of rotatable bonds is 9. The normalized spacial score (nSPS) is 15.5. The van der Waals surface area contributed by atoms with E-state index in [2.05, 4.69) is 47.9 Å². The number of nitrogens with one attached hydrogen (secondary N) is 2. The quantitative estimate of drug-likeness (QED) is 0.620. The van der Waals surface area contributed by atoms with Crippen molar-refractivity contribution in [1.29, 1.82) is 0 Å². The van der Waals surface area contributed by atoms with E-state index in [1.807, 2.05) is 18.2 Å². The molecule has 0 bridgehead atoms. The van der Waals surface area contributed by atoms with Gasteiger partial charge in [0.25, 0.3) is 5.91 Å². The fourth-order valence-corrected chi connectivity index (χ4v) is 3.92. The summed E-state index contributed by atoms with van der Waals surface area (Å²) in [6.07, 6.45) is 5.40. The molecule has 0 aromatic heterocycles. The molecule has 3 N–H and O–H groups in total. The van der Waals surface area contributed by atoms with Crippen molar-refractivity contribution < 1.29 is 9.90 Å². The number of aryl methyl sites for hydroxylation is 1. The minimum absolute atomic E-state index is 0.116. The second-order valence-electron chi connectivity index (χ2n) is 7.78. The summed E-state index contributed by atoms with van der Waals surface area (Å²) in [7, 11) is 0. The number of amides is 1. The number of carbonyl (C=O) groups is 1. The molecule has 4 heteroatoms. The standard InChI is InChI=1S/C24H32N2O2/c1-2-18-7-5-8-19(13-18)15-25-16-23(27)17-26-24(28)22-12-6-11-21(14-22)20-9-3-4-10-20/h5-8,11-14,20,23,25,27H,2-4,9-10,15-17H2,1H3,(H,26,28)/t23-/m1/s1. The zero-order chi connectivity index (χ0) is 19.8. The van der Waals surface area contributed by atoms with Gasteiger partial charge in [0.1, 0.15) is 0 Å². The molecule has 0 saturated heterocycles. The highest BCUT2D eigenvalue weighted by atomic mass is 16.3. The molecule has 4 nitrogen and oxygen atoms in total. The van der Waals surface area contributed by atoms with Gasteiger partial charge < -0.3 is 15.7 Å². The van der Waals surface area contributed by atoms with Crippen molar-refractivity contribution >= 4 is 5.91 Å². The van der Waals surface area contributed by atoms with Gasteiger partial charge in [0.2, 0.25) is 0 Å². The molecule has 1 aliphatic carbocycles. The fourth-order valence-electron chi connectivity index (χ4n) is 3.92. The molecule has 150 valence electrons. The topological polar surface area (TPSA) is 61.4 Å². The van der Waals surface area contributed by atoms with E-state index in [1.165, 1.54) is 42.4 Å². The van der Waals surface area contributed by atoms with Crippen LogP contribution in [0.4, 0.5) is 0 Å². The molecule has 1 atom stereocenters. The van der Waals surface area contributed by atoms with Crippen molar-refractivity contribution in [3.63, 3.8) is 0 Å². The molecule has 0 radical (unpaired) electrons. The largest absolute Gasteiger partial charge is 0.390 e. The monoisotopic (exact) mass is 380 g/mol. The van der Waals surface area contributed by atoms with E-state index in [0.717, 1.165) is 6.42 Å². The van der Waals surface area contributed by atoms with Gasteiger partial charge in [-0.2, -0.15) is 0 Å². The van der Waals surface area contributed by atoms with Crippen molar-refractivity contribution in [1.82, 2.24) is 10.6 Å². The molecule has 1 amide bonds. The zero-order valence-electron chi connectivity index (χ0n) is 16.8. The van der Waals surface area contributed by atoms with Crippen molar-refractivity contribution in [3.8, 4) is 0 Å². The minimum atomic E-state index is -0.615. The second kappa shape index (κ2) is 10.4. The SMILES string of the molecule is CCc1cccc(CNC[C@@H](O)CNC(=O)c2cccc(C3CCCC3)c2)c1. The van der Waals surface area contributed by atoms with Crippen LogP contribution in [0.25, 0.3) is 0 Å². The molecule has 1 saturated carbocycles. The molecular weight excluding hydrogens is 348 g/mol. The van der Waals surface area contributed by atoms with E-state index < -0.39 is 6.10 Å². The average molecular weight is 381 g/mol. The number of carbonyl (C=O) groups excluding carboxylic acids is 1. The smallest absolute Gasteiger partial charge is 0.251 e. The average Bonchev–Trinajstić information content (AvgIpc) is 3.27. The van der Waals surface area contributed by atoms with Gasteiger partial charge >= 0.3 is 0 Å². The first-order chi connectivity index (χ1) is 13.7. The van der Waals surface area contributed by atoms with Crippen LogP contribution in [0.5, 0.6) is 0 Å². The summed E-state index contributed by atoms with van der Waals surface area (Å²) in [6.45, 7) is 3.54. The van der Waals surface area contributed by atoms with Gasteiger partial charge in [0, 0.05) is 25.2 Å². The predicted octanol–water partition coefficient (Wildman–Crippen LogP) is 3.79. The maximum Gasteiger partial charge on any atom is 0.251 e. The molecule has 2 aromatic carbocycles. The van der Waals surface area contributed by atoms with E-state index in [-0.39, 0.29) is 12.5 Å². The van der Waals surface area contributed by atoms with Gasteiger partial charge in [-0.1, -0.05) is 56.2 Å². The Morgan fingerprint density at radius 1 is 1.07 bits per heavy atom. The summed E-state index contributed by atoms with van der Waals surface area (Å²) in [5, 5.41) is 16.3. The Labute approximate surface area is 168 Å². The van der Waals surface area contributed by atoms with Crippen LogP contribution in [0.2, 0.25) is 0 Å². The third kappa shape index (κ3) is 5.91. The van der Waals surface area contributed by atoms with Gasteiger partial charge in [-0.05, 0) is 54.0 Å². The fraction of sp³-hybridized carbons (Fsp3) is 0.458. The predicted molar refractivity (Wildman–Crippen MR) is 114 cm³/mol. The lowest BCUT2D eigenvalue weighted by atomic mass is 9.96. The van der Waals surface area contributed by atoms with E-state index in [4.69, 9.17) is 0 Å². The molecule has 2 aromatic rings. The molecule has 0 heterocycles. The summed E-state index contributed by atoms with van der Waals surface area (Å²) in [4.78, 5) is 12.4. The summed E-state index contributed by atoms with van der Waals surface area (Å²) in [6, 6.07) is 16.4. The van der Waals surface area contributed by atoms with Gasteiger partial charge in [-0.25, -0.2) is 0 Å². The van der Waals surface area contributed by atoms with Crippen LogP contribution in [0, 0.1) is 0 Å². The van der Waals surface area contributed by atoms with Gasteiger partial charge in [-0.3, -0.25) is 4.79 Å². The highest BCUT2D eigenvalue weighted by Gasteiger charge is 2.18. The number of hydrogen-bond donors (Lipinski definition) is 3.